The van der Waals surface area contributed by atoms with E-state index in [9.17, 15) is 0 Å². The first-order chi connectivity index (χ1) is 10.8. The highest BCUT2D eigenvalue weighted by Crippen LogP contribution is 2.37. The van der Waals surface area contributed by atoms with Crippen LogP contribution in [0.3, 0.4) is 0 Å². The van der Waals surface area contributed by atoms with Gasteiger partial charge in [0.1, 0.15) is 11.9 Å². The van der Waals surface area contributed by atoms with Gasteiger partial charge in [0.05, 0.1) is 5.56 Å². The molecule has 5 heteroatoms. The van der Waals surface area contributed by atoms with Crippen molar-refractivity contribution in [2.75, 3.05) is 25.5 Å². The summed E-state index contributed by atoms with van der Waals surface area (Å²) in [6.07, 6.45) is 4.15. The van der Waals surface area contributed by atoms with Gasteiger partial charge in [-0.25, -0.2) is 4.98 Å². The van der Waals surface area contributed by atoms with E-state index in [0.717, 1.165) is 13.1 Å². The fraction of sp³-hybridized carbons (Fsp3) is 0.412. The number of rotatable bonds is 4. The van der Waals surface area contributed by atoms with E-state index >= 15 is 0 Å². The maximum atomic E-state index is 9.16. The SMILES string of the molecule is CN1CCCC(CNc2ncccc2C#N)C1c1cccs1. The van der Waals surface area contributed by atoms with Gasteiger partial charge in [0.15, 0.2) is 0 Å². The van der Waals surface area contributed by atoms with Crippen LogP contribution in [0.25, 0.3) is 0 Å². The number of anilines is 1. The number of hydrogen-bond acceptors (Lipinski definition) is 5. The lowest BCUT2D eigenvalue weighted by atomic mass is 9.88. The van der Waals surface area contributed by atoms with E-state index in [1.807, 2.05) is 11.3 Å². The number of aromatic nitrogens is 1. The number of piperidine rings is 1. The molecule has 2 aromatic rings. The van der Waals surface area contributed by atoms with Gasteiger partial charge in [0.25, 0.3) is 0 Å². The van der Waals surface area contributed by atoms with Crippen LogP contribution in [-0.2, 0) is 0 Å². The standard InChI is InChI=1S/C17H20N4S/c1-21-9-3-6-14(16(21)15-7-4-10-22-15)12-20-17-13(11-18)5-2-8-19-17/h2,4-5,7-8,10,14,16H,3,6,9,12H2,1H3,(H,19,20). The predicted octanol–water partition coefficient (Wildman–Crippen LogP) is 3.51. The Labute approximate surface area is 135 Å². The highest BCUT2D eigenvalue weighted by Gasteiger charge is 2.31. The number of nitriles is 1. The molecule has 2 atom stereocenters. The highest BCUT2D eigenvalue weighted by molar-refractivity contribution is 7.10. The average Bonchev–Trinajstić information content (AvgIpc) is 3.07. The minimum Gasteiger partial charge on any atom is -0.369 e. The summed E-state index contributed by atoms with van der Waals surface area (Å²) in [5, 5.41) is 14.7. The minimum absolute atomic E-state index is 0.454. The lowest BCUT2D eigenvalue weighted by Crippen LogP contribution is -2.38. The highest BCUT2D eigenvalue weighted by atomic mass is 32.1. The normalized spacial score (nSPS) is 22.2. The summed E-state index contributed by atoms with van der Waals surface area (Å²) in [6, 6.07) is 10.6. The van der Waals surface area contributed by atoms with Crippen LogP contribution in [-0.4, -0.2) is 30.0 Å². The molecule has 1 fully saturated rings. The first-order valence-corrected chi connectivity index (χ1v) is 8.50. The summed E-state index contributed by atoms with van der Waals surface area (Å²) >= 11 is 1.83. The zero-order valence-electron chi connectivity index (χ0n) is 12.7. The molecule has 0 spiro atoms. The summed E-state index contributed by atoms with van der Waals surface area (Å²) in [5.41, 5.74) is 0.610. The van der Waals surface area contributed by atoms with Crippen LogP contribution < -0.4 is 5.32 Å². The maximum absolute atomic E-state index is 9.16. The third kappa shape index (κ3) is 3.13. The quantitative estimate of drug-likeness (QED) is 0.938. The monoisotopic (exact) mass is 312 g/mol. The van der Waals surface area contributed by atoms with Crippen molar-refractivity contribution >= 4 is 17.2 Å². The van der Waals surface area contributed by atoms with Crippen LogP contribution in [0, 0.1) is 17.2 Å². The summed E-state index contributed by atoms with van der Waals surface area (Å²) < 4.78 is 0. The molecule has 0 amide bonds. The molecule has 1 aliphatic heterocycles. The van der Waals surface area contributed by atoms with Crippen molar-refractivity contribution in [2.45, 2.75) is 18.9 Å². The average molecular weight is 312 g/mol. The molecule has 3 heterocycles. The molecular formula is C17H20N4S. The van der Waals surface area contributed by atoms with Crippen LogP contribution in [0.4, 0.5) is 5.82 Å². The molecule has 2 aromatic heterocycles. The molecule has 0 aromatic carbocycles. The van der Waals surface area contributed by atoms with E-state index in [1.54, 1.807) is 18.3 Å². The number of likely N-dealkylation sites (tertiary alicyclic amines) is 1. The van der Waals surface area contributed by atoms with Crippen molar-refractivity contribution in [1.82, 2.24) is 9.88 Å². The predicted molar refractivity (Wildman–Crippen MR) is 89.9 cm³/mol. The molecule has 0 saturated carbocycles. The Bertz CT molecular complexity index is 647. The number of thiophene rings is 1. The van der Waals surface area contributed by atoms with Crippen molar-refractivity contribution in [3.8, 4) is 6.07 Å². The zero-order valence-corrected chi connectivity index (χ0v) is 13.5. The van der Waals surface area contributed by atoms with Gasteiger partial charge in [0.2, 0.25) is 0 Å². The van der Waals surface area contributed by atoms with E-state index < -0.39 is 0 Å². The lowest BCUT2D eigenvalue weighted by molar-refractivity contribution is 0.130. The van der Waals surface area contributed by atoms with Crippen molar-refractivity contribution in [1.29, 1.82) is 5.26 Å². The van der Waals surface area contributed by atoms with Gasteiger partial charge in [-0.15, -0.1) is 11.3 Å². The van der Waals surface area contributed by atoms with Crippen molar-refractivity contribution in [2.24, 2.45) is 5.92 Å². The summed E-state index contributed by atoms with van der Waals surface area (Å²) in [6.45, 7) is 1.99. The second-order valence-corrected chi connectivity index (χ2v) is 6.71. The Morgan fingerprint density at radius 1 is 1.45 bits per heavy atom. The summed E-state index contributed by atoms with van der Waals surface area (Å²) in [7, 11) is 2.21. The van der Waals surface area contributed by atoms with Crippen LogP contribution in [0.15, 0.2) is 35.8 Å². The van der Waals surface area contributed by atoms with Crippen LogP contribution >= 0.6 is 11.3 Å². The largest absolute Gasteiger partial charge is 0.369 e. The first kappa shape index (κ1) is 15.0. The van der Waals surface area contributed by atoms with E-state index in [0.29, 0.717) is 23.3 Å². The minimum atomic E-state index is 0.454. The number of nitrogens with one attached hydrogen (secondary N) is 1. The van der Waals surface area contributed by atoms with Gasteiger partial charge in [-0.05, 0) is 55.9 Å². The lowest BCUT2D eigenvalue weighted by Gasteiger charge is -2.39. The fourth-order valence-electron chi connectivity index (χ4n) is 3.25. The zero-order chi connectivity index (χ0) is 15.4. The van der Waals surface area contributed by atoms with Crippen LogP contribution in [0.1, 0.15) is 29.3 Å². The van der Waals surface area contributed by atoms with Crippen molar-refractivity contribution in [3.63, 3.8) is 0 Å². The van der Waals surface area contributed by atoms with E-state index in [4.69, 9.17) is 5.26 Å². The molecule has 3 rings (SSSR count). The topological polar surface area (TPSA) is 52.0 Å². The molecule has 0 radical (unpaired) electrons. The second kappa shape index (κ2) is 6.91. The van der Waals surface area contributed by atoms with Gasteiger partial charge in [0, 0.05) is 23.7 Å². The molecule has 1 saturated heterocycles. The molecule has 0 bridgehead atoms. The third-order valence-electron chi connectivity index (χ3n) is 4.30. The molecular weight excluding hydrogens is 292 g/mol. The Balaban J connectivity index is 1.74. The Kier molecular flexibility index (Phi) is 4.71. The van der Waals surface area contributed by atoms with Gasteiger partial charge in [-0.1, -0.05) is 6.07 Å². The Morgan fingerprint density at radius 2 is 2.36 bits per heavy atom. The Morgan fingerprint density at radius 3 is 3.14 bits per heavy atom. The molecule has 2 unspecified atom stereocenters. The molecule has 1 aliphatic rings. The van der Waals surface area contributed by atoms with E-state index in [-0.39, 0.29) is 0 Å². The Hall–Kier alpha value is -1.90. The van der Waals surface area contributed by atoms with E-state index in [2.05, 4.69) is 45.8 Å². The first-order valence-electron chi connectivity index (χ1n) is 7.62. The summed E-state index contributed by atoms with van der Waals surface area (Å²) in [4.78, 5) is 8.17. The number of hydrogen-bond donors (Lipinski definition) is 1. The van der Waals surface area contributed by atoms with Gasteiger partial charge < -0.3 is 5.32 Å². The molecule has 22 heavy (non-hydrogen) atoms. The second-order valence-electron chi connectivity index (χ2n) is 5.74. The van der Waals surface area contributed by atoms with Crippen molar-refractivity contribution < 1.29 is 0 Å². The summed E-state index contributed by atoms with van der Waals surface area (Å²) in [5.74, 6) is 1.23. The van der Waals surface area contributed by atoms with Gasteiger partial charge >= 0.3 is 0 Å². The van der Waals surface area contributed by atoms with Gasteiger partial charge in [-0.3, -0.25) is 4.90 Å². The van der Waals surface area contributed by atoms with Crippen LogP contribution in [0.5, 0.6) is 0 Å². The molecule has 4 nitrogen and oxygen atoms in total. The molecule has 114 valence electrons. The van der Waals surface area contributed by atoms with Gasteiger partial charge in [-0.2, -0.15) is 5.26 Å². The smallest absolute Gasteiger partial charge is 0.143 e. The fourth-order valence-corrected chi connectivity index (χ4v) is 4.23. The van der Waals surface area contributed by atoms with E-state index in [1.165, 1.54) is 17.7 Å². The van der Waals surface area contributed by atoms with Crippen molar-refractivity contribution in [3.05, 3.63) is 46.3 Å². The maximum Gasteiger partial charge on any atom is 0.143 e. The third-order valence-corrected chi connectivity index (χ3v) is 5.24. The van der Waals surface area contributed by atoms with Crippen LogP contribution in [0.2, 0.25) is 0 Å². The molecule has 0 aliphatic carbocycles. The number of nitrogens with zero attached hydrogens (tertiary/aromatic N) is 3. The number of pyridine rings is 1. The molecule has 1 N–H and O–H groups in total.